The monoisotopic (exact) mass is 456 g/mol. The van der Waals surface area contributed by atoms with Crippen molar-refractivity contribution in [1.82, 2.24) is 0 Å². The van der Waals surface area contributed by atoms with E-state index in [1.807, 2.05) is 81.5 Å². The molecule has 0 spiro atoms. The third-order valence-electron chi connectivity index (χ3n) is 5.60. The van der Waals surface area contributed by atoms with Crippen LogP contribution in [-0.2, 0) is 16.1 Å². The summed E-state index contributed by atoms with van der Waals surface area (Å²) < 4.78 is 17.1. The Morgan fingerprint density at radius 2 is 1.85 bits per heavy atom. The Labute approximate surface area is 199 Å². The van der Waals surface area contributed by atoms with Crippen LogP contribution in [0.3, 0.4) is 0 Å². The van der Waals surface area contributed by atoms with Gasteiger partial charge in [0.2, 0.25) is 0 Å². The molecule has 0 unspecified atom stereocenters. The molecule has 3 aromatic carbocycles. The zero-order valence-corrected chi connectivity index (χ0v) is 19.8. The number of hydrogen-bond donors (Lipinski definition) is 1. The molecule has 0 atom stereocenters. The molecule has 0 radical (unpaired) electrons. The fraction of sp³-hybridized carbons (Fsp3) is 0.207. The molecule has 34 heavy (non-hydrogen) atoms. The number of carbonyl (C=O) groups excluding carboxylic acids is 1. The quantitative estimate of drug-likeness (QED) is 0.273. The number of benzene rings is 3. The fourth-order valence-corrected chi connectivity index (χ4v) is 3.79. The maximum Gasteiger partial charge on any atom is 0.338 e. The number of aryl methyl sites for hydroxylation is 1. The normalized spacial score (nSPS) is 14.2. The lowest BCUT2D eigenvalue weighted by molar-refractivity contribution is -0.133. The molecule has 0 bridgehead atoms. The summed E-state index contributed by atoms with van der Waals surface area (Å²) in [6.07, 6.45) is 5.35. The van der Waals surface area contributed by atoms with E-state index in [2.05, 4.69) is 0 Å². The molecule has 174 valence electrons. The van der Waals surface area contributed by atoms with Crippen molar-refractivity contribution in [3.63, 3.8) is 0 Å². The summed E-state index contributed by atoms with van der Waals surface area (Å²) in [5.74, 6) is 0.648. The number of rotatable bonds is 6. The highest BCUT2D eigenvalue weighted by Gasteiger charge is 2.25. The van der Waals surface area contributed by atoms with Crippen LogP contribution in [0, 0.1) is 6.92 Å². The van der Waals surface area contributed by atoms with E-state index in [9.17, 15) is 9.90 Å². The summed E-state index contributed by atoms with van der Waals surface area (Å²) in [6.45, 7) is 6.21. The first-order chi connectivity index (χ1) is 16.3. The number of carbonyl (C=O) groups is 1. The first-order valence-electron chi connectivity index (χ1n) is 11.1. The molecule has 1 heterocycles. The van der Waals surface area contributed by atoms with Crippen LogP contribution in [0.1, 0.15) is 41.7 Å². The Morgan fingerprint density at radius 3 is 2.59 bits per heavy atom. The number of hydrogen-bond acceptors (Lipinski definition) is 5. The molecule has 1 aliphatic rings. The van der Waals surface area contributed by atoms with E-state index in [4.69, 9.17) is 14.2 Å². The molecule has 1 N–H and O–H groups in total. The molecular formula is C29H28O5. The van der Waals surface area contributed by atoms with E-state index in [0.29, 0.717) is 34.8 Å². The molecule has 3 aromatic rings. The number of phenolic OH excluding ortho intramolecular Hbond substituents is 1. The smallest absolute Gasteiger partial charge is 0.338 e. The zero-order valence-electron chi connectivity index (χ0n) is 19.8. The second-order valence-corrected chi connectivity index (χ2v) is 8.78. The number of phenols is 1. The minimum Gasteiger partial charge on any atom is -0.507 e. The number of methoxy groups -OCH3 is 1. The van der Waals surface area contributed by atoms with Gasteiger partial charge in [0.25, 0.3) is 0 Å². The van der Waals surface area contributed by atoms with Gasteiger partial charge in [-0.15, -0.1) is 0 Å². The molecule has 0 aliphatic carbocycles. The first-order valence-corrected chi connectivity index (χ1v) is 11.1. The largest absolute Gasteiger partial charge is 0.507 e. The predicted octanol–water partition coefficient (Wildman–Crippen LogP) is 6.18. The Hall–Kier alpha value is -3.99. The SMILES string of the molecule is COC(=O)/C(=C\c1ccc2c(c1O)C=CC(C)(C)O2)c1ccc(C)cc1OCc1ccccc1. The van der Waals surface area contributed by atoms with Crippen molar-refractivity contribution in [1.29, 1.82) is 0 Å². The van der Waals surface area contributed by atoms with Crippen molar-refractivity contribution in [3.05, 3.63) is 94.6 Å². The highest BCUT2D eigenvalue weighted by molar-refractivity contribution is 6.22. The second kappa shape index (κ2) is 9.48. The topological polar surface area (TPSA) is 65.0 Å². The third-order valence-corrected chi connectivity index (χ3v) is 5.60. The number of ether oxygens (including phenoxy) is 3. The molecule has 0 saturated heterocycles. The average molecular weight is 457 g/mol. The third kappa shape index (κ3) is 4.99. The molecule has 5 heteroatoms. The summed E-state index contributed by atoms with van der Waals surface area (Å²) >= 11 is 0. The summed E-state index contributed by atoms with van der Waals surface area (Å²) in [5.41, 5.74) is 3.46. The standard InChI is InChI=1S/C29H28O5/c1-19-10-12-22(26(16-19)33-18-20-8-6-5-7-9-20)24(28(31)32-4)17-21-11-13-25-23(27(21)30)14-15-29(2,3)34-25/h5-17,30H,18H2,1-4H3/b24-17-. The van der Waals surface area contributed by atoms with Crippen LogP contribution in [0.4, 0.5) is 0 Å². The van der Waals surface area contributed by atoms with E-state index < -0.39 is 11.6 Å². The Kier molecular flexibility index (Phi) is 6.46. The summed E-state index contributed by atoms with van der Waals surface area (Å²) in [6, 6.07) is 19.0. The van der Waals surface area contributed by atoms with Crippen LogP contribution in [0.15, 0.2) is 66.7 Å². The lowest BCUT2D eigenvalue weighted by Gasteiger charge is -2.28. The van der Waals surface area contributed by atoms with Gasteiger partial charge in [-0.1, -0.05) is 42.5 Å². The minimum atomic E-state index is -0.529. The zero-order chi connectivity index (χ0) is 24.3. The van der Waals surface area contributed by atoms with Gasteiger partial charge >= 0.3 is 5.97 Å². The Bertz CT molecular complexity index is 1270. The number of fused-ring (bicyclic) bond motifs is 1. The maximum atomic E-state index is 12.8. The molecule has 5 nitrogen and oxygen atoms in total. The Balaban J connectivity index is 1.76. The summed E-state index contributed by atoms with van der Waals surface area (Å²) in [7, 11) is 1.33. The van der Waals surface area contributed by atoms with Crippen molar-refractivity contribution >= 4 is 23.7 Å². The van der Waals surface area contributed by atoms with Gasteiger partial charge < -0.3 is 19.3 Å². The average Bonchev–Trinajstić information content (AvgIpc) is 2.82. The van der Waals surface area contributed by atoms with E-state index in [1.165, 1.54) is 7.11 Å². The summed E-state index contributed by atoms with van der Waals surface area (Å²) in [5, 5.41) is 11.0. The highest BCUT2D eigenvalue weighted by atomic mass is 16.5. The van der Waals surface area contributed by atoms with Crippen molar-refractivity contribution in [2.75, 3.05) is 7.11 Å². The molecule has 0 amide bonds. The number of aromatic hydroxyl groups is 1. The number of esters is 1. The van der Waals surface area contributed by atoms with E-state index in [-0.39, 0.29) is 11.3 Å². The van der Waals surface area contributed by atoms with Crippen molar-refractivity contribution < 1.29 is 24.1 Å². The predicted molar refractivity (Wildman–Crippen MR) is 134 cm³/mol. The lowest BCUT2D eigenvalue weighted by Crippen LogP contribution is -2.27. The fourth-order valence-electron chi connectivity index (χ4n) is 3.79. The molecule has 0 fully saturated rings. The molecule has 1 aliphatic heterocycles. The van der Waals surface area contributed by atoms with Crippen molar-refractivity contribution in [2.45, 2.75) is 33.0 Å². The van der Waals surface area contributed by atoms with Gasteiger partial charge in [0, 0.05) is 11.1 Å². The van der Waals surface area contributed by atoms with E-state index >= 15 is 0 Å². The molecule has 0 saturated carbocycles. The van der Waals surface area contributed by atoms with Crippen LogP contribution >= 0.6 is 0 Å². The molecule has 0 aromatic heterocycles. The van der Waals surface area contributed by atoms with Crippen LogP contribution < -0.4 is 9.47 Å². The minimum absolute atomic E-state index is 0.0320. The second-order valence-electron chi connectivity index (χ2n) is 8.78. The lowest BCUT2D eigenvalue weighted by atomic mass is 9.96. The van der Waals surface area contributed by atoms with E-state index in [0.717, 1.165) is 11.1 Å². The van der Waals surface area contributed by atoms with Crippen LogP contribution in [0.25, 0.3) is 17.7 Å². The van der Waals surface area contributed by atoms with Crippen LogP contribution in [0.5, 0.6) is 17.2 Å². The van der Waals surface area contributed by atoms with Gasteiger partial charge in [0.15, 0.2) is 0 Å². The van der Waals surface area contributed by atoms with Crippen molar-refractivity contribution in [3.8, 4) is 17.2 Å². The van der Waals surface area contributed by atoms with Crippen molar-refractivity contribution in [2.24, 2.45) is 0 Å². The maximum absolute atomic E-state index is 12.8. The van der Waals surface area contributed by atoms with Gasteiger partial charge in [-0.2, -0.15) is 0 Å². The summed E-state index contributed by atoms with van der Waals surface area (Å²) in [4.78, 5) is 12.8. The van der Waals surface area contributed by atoms with Gasteiger partial charge in [-0.3, -0.25) is 0 Å². The highest BCUT2D eigenvalue weighted by Crippen LogP contribution is 2.40. The van der Waals surface area contributed by atoms with E-state index in [1.54, 1.807) is 18.2 Å². The molecule has 4 rings (SSSR count). The Morgan fingerprint density at radius 1 is 1.09 bits per heavy atom. The van der Waals surface area contributed by atoms with Crippen LogP contribution in [0.2, 0.25) is 0 Å². The van der Waals surface area contributed by atoms with Crippen LogP contribution in [-0.4, -0.2) is 23.8 Å². The molecular weight excluding hydrogens is 428 g/mol. The van der Waals surface area contributed by atoms with Gasteiger partial charge in [0.1, 0.15) is 29.5 Å². The first kappa shape index (κ1) is 23.2. The van der Waals surface area contributed by atoms with Gasteiger partial charge in [0.05, 0.1) is 18.2 Å². The van der Waals surface area contributed by atoms with Gasteiger partial charge in [-0.05, 0) is 68.3 Å². The van der Waals surface area contributed by atoms with Gasteiger partial charge in [-0.25, -0.2) is 4.79 Å².